The van der Waals surface area contributed by atoms with Crippen LogP contribution in [0, 0.1) is 0 Å². The van der Waals surface area contributed by atoms with E-state index in [4.69, 9.17) is 4.42 Å². The van der Waals surface area contributed by atoms with Crippen LogP contribution >= 0.6 is 11.3 Å². The molecule has 0 saturated carbocycles. The minimum Gasteiger partial charge on any atom is -0.467 e. The minimum atomic E-state index is -1.04. The molecule has 0 unspecified atom stereocenters. The maximum absolute atomic E-state index is 13.2. The Hall–Kier alpha value is -3.72. The molecule has 0 radical (unpaired) electrons. The van der Waals surface area contributed by atoms with Crippen LogP contribution in [0.1, 0.15) is 67.0 Å². The number of hydrogen-bond donors (Lipinski definition) is 2. The minimum absolute atomic E-state index is 0.231. The Balaban J connectivity index is 1.38. The number of anilines is 1. The molecule has 0 saturated heterocycles. The van der Waals surface area contributed by atoms with Gasteiger partial charge in [0.25, 0.3) is 17.7 Å². The van der Waals surface area contributed by atoms with Crippen molar-refractivity contribution in [1.29, 1.82) is 0 Å². The molecule has 2 aromatic heterocycles. The summed E-state index contributed by atoms with van der Waals surface area (Å²) in [6, 6.07) is 9.01. The molecular formula is C25H23N3O5S. The first-order valence-electron chi connectivity index (χ1n) is 11.2. The zero-order chi connectivity index (χ0) is 23.8. The van der Waals surface area contributed by atoms with Crippen LogP contribution < -0.4 is 10.6 Å². The Morgan fingerprint density at radius 1 is 1.06 bits per heavy atom. The van der Waals surface area contributed by atoms with Crippen molar-refractivity contribution in [3.8, 4) is 0 Å². The summed E-state index contributed by atoms with van der Waals surface area (Å²) in [4.78, 5) is 54.0. The number of furan rings is 1. The summed E-state index contributed by atoms with van der Waals surface area (Å²) < 4.78 is 5.29. The van der Waals surface area contributed by atoms with Crippen LogP contribution in [-0.2, 0) is 24.2 Å². The van der Waals surface area contributed by atoms with E-state index in [0.717, 1.165) is 41.0 Å². The molecule has 4 amide bonds. The lowest BCUT2D eigenvalue weighted by atomic mass is 9.95. The number of imide groups is 1. The molecule has 34 heavy (non-hydrogen) atoms. The van der Waals surface area contributed by atoms with E-state index in [1.54, 1.807) is 42.7 Å². The Morgan fingerprint density at radius 3 is 2.44 bits per heavy atom. The van der Waals surface area contributed by atoms with Crippen LogP contribution in [0.15, 0.2) is 47.1 Å². The lowest BCUT2D eigenvalue weighted by molar-refractivity contribution is -0.119. The van der Waals surface area contributed by atoms with Gasteiger partial charge in [0.2, 0.25) is 5.91 Å². The fraction of sp³-hybridized carbons (Fsp3) is 0.280. The molecule has 0 spiro atoms. The van der Waals surface area contributed by atoms with Crippen LogP contribution in [0.5, 0.6) is 0 Å². The Kier molecular flexibility index (Phi) is 5.79. The summed E-state index contributed by atoms with van der Waals surface area (Å²) in [5, 5.41) is 6.14. The van der Waals surface area contributed by atoms with Gasteiger partial charge in [-0.3, -0.25) is 24.1 Å². The third kappa shape index (κ3) is 3.81. The lowest BCUT2D eigenvalue weighted by Crippen LogP contribution is -2.45. The number of benzene rings is 1. The van der Waals surface area contributed by atoms with Crippen LogP contribution in [0.3, 0.4) is 0 Å². The van der Waals surface area contributed by atoms with Gasteiger partial charge in [-0.15, -0.1) is 11.3 Å². The van der Waals surface area contributed by atoms with Crippen LogP contribution in [0.25, 0.3) is 0 Å². The van der Waals surface area contributed by atoms with Crippen molar-refractivity contribution in [2.75, 3.05) is 5.32 Å². The van der Waals surface area contributed by atoms with E-state index in [2.05, 4.69) is 10.6 Å². The lowest BCUT2D eigenvalue weighted by Gasteiger charge is -2.21. The highest BCUT2D eigenvalue weighted by Gasteiger charge is 2.41. The Morgan fingerprint density at radius 2 is 1.76 bits per heavy atom. The summed E-state index contributed by atoms with van der Waals surface area (Å²) in [6.07, 6.45) is 5.16. The fourth-order valence-electron chi connectivity index (χ4n) is 4.46. The van der Waals surface area contributed by atoms with Gasteiger partial charge in [-0.2, -0.15) is 0 Å². The Bertz CT molecular complexity index is 1260. The molecule has 1 atom stereocenters. The standard InChI is InChI=1S/C25H23N3O5S/c1-14(28-24(31)16-8-2-3-9-17(16)25(28)32)21(29)27-23-20(18-10-4-5-11-19(18)34-23)22(30)26-13-15-7-6-12-33-15/h2-3,6-9,12,14H,4-5,10-11,13H2,1H3,(H,26,30)(H,27,29)/t14-/m1/s1. The van der Waals surface area contributed by atoms with Gasteiger partial charge in [0.1, 0.15) is 16.8 Å². The van der Waals surface area contributed by atoms with E-state index in [1.807, 2.05) is 0 Å². The molecule has 2 N–H and O–H groups in total. The van der Waals surface area contributed by atoms with Crippen molar-refractivity contribution >= 4 is 40.0 Å². The third-order valence-corrected chi connectivity index (χ3v) is 7.44. The largest absolute Gasteiger partial charge is 0.467 e. The number of fused-ring (bicyclic) bond motifs is 2. The maximum Gasteiger partial charge on any atom is 0.262 e. The molecule has 3 heterocycles. The first kappa shape index (κ1) is 22.1. The second-order valence-corrected chi connectivity index (χ2v) is 9.47. The molecule has 1 aliphatic heterocycles. The molecule has 174 valence electrons. The summed E-state index contributed by atoms with van der Waals surface area (Å²) in [5.74, 6) is -1.18. The first-order valence-corrected chi connectivity index (χ1v) is 12.0. The molecule has 5 rings (SSSR count). The molecule has 1 aliphatic carbocycles. The summed E-state index contributed by atoms with van der Waals surface area (Å²) in [6.45, 7) is 1.75. The summed E-state index contributed by atoms with van der Waals surface area (Å²) in [5.41, 5.74) is 1.99. The molecule has 1 aromatic carbocycles. The quantitative estimate of drug-likeness (QED) is 0.526. The molecule has 0 fully saturated rings. The normalized spacial score (nSPS) is 15.6. The van der Waals surface area contributed by atoms with E-state index in [-0.39, 0.29) is 23.6 Å². The fourth-order valence-corrected chi connectivity index (χ4v) is 5.75. The van der Waals surface area contributed by atoms with Crippen LogP contribution in [-0.4, -0.2) is 34.6 Å². The number of amides is 4. The summed E-state index contributed by atoms with van der Waals surface area (Å²) >= 11 is 1.39. The number of carbonyl (C=O) groups excluding carboxylic acids is 4. The highest BCUT2D eigenvalue weighted by Crippen LogP contribution is 2.38. The number of nitrogens with zero attached hydrogens (tertiary/aromatic N) is 1. The zero-order valence-electron chi connectivity index (χ0n) is 18.6. The first-order chi connectivity index (χ1) is 16.5. The van der Waals surface area contributed by atoms with Crippen molar-refractivity contribution in [2.24, 2.45) is 0 Å². The van der Waals surface area contributed by atoms with Gasteiger partial charge < -0.3 is 15.1 Å². The van der Waals surface area contributed by atoms with E-state index >= 15 is 0 Å². The SMILES string of the molecule is C[C@H](C(=O)Nc1sc2c(c1C(=O)NCc1ccco1)CCCC2)N1C(=O)c2ccccc2C1=O. The van der Waals surface area contributed by atoms with E-state index in [0.29, 0.717) is 16.3 Å². The maximum atomic E-state index is 13.2. The number of thiophene rings is 1. The topological polar surface area (TPSA) is 109 Å². The number of rotatable bonds is 6. The highest BCUT2D eigenvalue weighted by molar-refractivity contribution is 7.17. The average molecular weight is 478 g/mol. The molecule has 0 bridgehead atoms. The zero-order valence-corrected chi connectivity index (χ0v) is 19.4. The number of carbonyl (C=O) groups is 4. The smallest absolute Gasteiger partial charge is 0.262 e. The average Bonchev–Trinajstić information content (AvgIpc) is 3.55. The second-order valence-electron chi connectivity index (χ2n) is 8.37. The molecule has 9 heteroatoms. The van der Waals surface area contributed by atoms with Crippen molar-refractivity contribution in [3.63, 3.8) is 0 Å². The third-order valence-electron chi connectivity index (χ3n) is 6.23. The van der Waals surface area contributed by atoms with Gasteiger partial charge in [0.15, 0.2) is 0 Å². The van der Waals surface area contributed by atoms with E-state index in [9.17, 15) is 19.2 Å². The predicted octanol–water partition coefficient (Wildman–Crippen LogP) is 3.77. The van der Waals surface area contributed by atoms with Gasteiger partial charge in [-0.05, 0) is 62.4 Å². The predicted molar refractivity (Wildman–Crippen MR) is 126 cm³/mol. The van der Waals surface area contributed by atoms with Gasteiger partial charge in [0, 0.05) is 4.88 Å². The van der Waals surface area contributed by atoms with Crippen molar-refractivity contribution < 1.29 is 23.6 Å². The summed E-state index contributed by atoms with van der Waals surface area (Å²) in [7, 11) is 0. The van der Waals surface area contributed by atoms with Crippen molar-refractivity contribution in [2.45, 2.75) is 45.2 Å². The molecular weight excluding hydrogens is 454 g/mol. The number of nitrogens with one attached hydrogen (secondary N) is 2. The number of hydrogen-bond acceptors (Lipinski definition) is 6. The van der Waals surface area contributed by atoms with Crippen LogP contribution in [0.4, 0.5) is 5.00 Å². The monoisotopic (exact) mass is 477 g/mol. The van der Waals surface area contributed by atoms with Gasteiger partial charge in [0.05, 0.1) is 29.5 Å². The van der Waals surface area contributed by atoms with Gasteiger partial charge in [-0.1, -0.05) is 12.1 Å². The second kappa shape index (κ2) is 8.90. The molecule has 2 aliphatic rings. The number of aryl methyl sites for hydroxylation is 1. The van der Waals surface area contributed by atoms with Gasteiger partial charge >= 0.3 is 0 Å². The van der Waals surface area contributed by atoms with Crippen molar-refractivity contribution in [3.05, 3.63) is 75.6 Å². The van der Waals surface area contributed by atoms with Crippen molar-refractivity contribution in [1.82, 2.24) is 10.2 Å². The molecule has 3 aromatic rings. The molecule has 8 nitrogen and oxygen atoms in total. The highest BCUT2D eigenvalue weighted by atomic mass is 32.1. The van der Waals surface area contributed by atoms with E-state index < -0.39 is 23.8 Å². The van der Waals surface area contributed by atoms with Gasteiger partial charge in [-0.25, -0.2) is 0 Å². The Labute approximate surface area is 199 Å². The van der Waals surface area contributed by atoms with E-state index in [1.165, 1.54) is 18.3 Å². The van der Waals surface area contributed by atoms with Crippen LogP contribution in [0.2, 0.25) is 0 Å².